The number of aliphatic carboxylic acids is 1. The monoisotopic (exact) mass is 356 g/mol. The molecule has 0 fully saturated rings. The average Bonchev–Trinajstić information content (AvgIpc) is 3.00. The van der Waals surface area contributed by atoms with Gasteiger partial charge in [-0.25, -0.2) is 4.79 Å². The molecule has 1 aliphatic rings. The third kappa shape index (κ3) is 3.19. The Balaban J connectivity index is 2.03. The molecule has 2 aromatic rings. The van der Waals surface area contributed by atoms with Crippen LogP contribution in [0.1, 0.15) is 28.7 Å². The first-order chi connectivity index (χ1) is 12.4. The number of phenols is 2. The second kappa shape index (κ2) is 6.79. The quantitative estimate of drug-likeness (QED) is 0.438. The fourth-order valence-electron chi connectivity index (χ4n) is 2.91. The van der Waals surface area contributed by atoms with Crippen molar-refractivity contribution in [3.8, 4) is 17.2 Å². The van der Waals surface area contributed by atoms with Gasteiger partial charge in [-0.05, 0) is 41.5 Å². The Morgan fingerprint density at radius 1 is 1.12 bits per heavy atom. The Bertz CT molecular complexity index is 901. The Labute approximate surface area is 148 Å². The van der Waals surface area contributed by atoms with Gasteiger partial charge in [0.2, 0.25) is 0 Å². The summed E-state index contributed by atoms with van der Waals surface area (Å²) in [6.45, 7) is 0. The fraction of sp³-hybridized carbons (Fsp3) is 0.158. The van der Waals surface area contributed by atoms with E-state index in [1.165, 1.54) is 25.3 Å². The molecule has 0 radical (unpaired) electrons. The Morgan fingerprint density at radius 2 is 1.88 bits per heavy atom. The molecule has 3 rings (SSSR count). The number of carbonyl (C=O) groups is 2. The van der Waals surface area contributed by atoms with E-state index in [1.54, 1.807) is 24.3 Å². The number of fused-ring (bicyclic) bond motifs is 1. The van der Waals surface area contributed by atoms with Gasteiger partial charge in [-0.2, -0.15) is 0 Å². The van der Waals surface area contributed by atoms with Crippen molar-refractivity contribution in [1.82, 2.24) is 0 Å². The van der Waals surface area contributed by atoms with Crippen LogP contribution in [0.15, 0.2) is 42.5 Å². The van der Waals surface area contributed by atoms with Crippen LogP contribution < -0.4 is 4.74 Å². The molecule has 7 nitrogen and oxygen atoms in total. The van der Waals surface area contributed by atoms with E-state index < -0.39 is 24.0 Å². The second-order valence-electron chi connectivity index (χ2n) is 5.76. The maximum atomic E-state index is 12.4. The van der Waals surface area contributed by atoms with Crippen molar-refractivity contribution in [2.45, 2.75) is 12.0 Å². The number of carbonyl (C=O) groups excluding carboxylic acids is 1. The molecule has 1 heterocycles. The molecule has 0 unspecified atom stereocenters. The molecule has 1 aliphatic heterocycles. The number of phenolic OH excluding ortho intramolecular Hbond substituents is 2. The molecule has 7 heteroatoms. The number of rotatable bonds is 4. The van der Waals surface area contributed by atoms with Crippen molar-refractivity contribution in [2.75, 3.05) is 7.11 Å². The SMILES string of the molecule is COC(=O)[C@@H]1c2cc(/C=C/C(=O)O)ccc2O[C@H]1c1ccc(O)c(O)c1. The summed E-state index contributed by atoms with van der Waals surface area (Å²) in [7, 11) is 1.26. The number of carboxylic acids is 1. The van der Waals surface area contributed by atoms with Crippen LogP contribution in [0.3, 0.4) is 0 Å². The highest BCUT2D eigenvalue weighted by Gasteiger charge is 2.41. The maximum Gasteiger partial charge on any atom is 0.328 e. The van der Waals surface area contributed by atoms with Crippen LogP contribution in [-0.2, 0) is 14.3 Å². The summed E-state index contributed by atoms with van der Waals surface area (Å²) in [6.07, 6.45) is 1.67. The number of ether oxygens (including phenoxy) is 2. The molecule has 26 heavy (non-hydrogen) atoms. The second-order valence-corrected chi connectivity index (χ2v) is 5.76. The summed E-state index contributed by atoms with van der Waals surface area (Å²) in [5, 5.41) is 28.0. The van der Waals surface area contributed by atoms with Gasteiger partial charge < -0.3 is 24.8 Å². The van der Waals surface area contributed by atoms with E-state index in [0.29, 0.717) is 22.4 Å². The number of hydrogen-bond acceptors (Lipinski definition) is 6. The molecule has 0 aliphatic carbocycles. The highest BCUT2D eigenvalue weighted by molar-refractivity contribution is 5.86. The van der Waals surface area contributed by atoms with E-state index in [1.807, 2.05) is 0 Å². The van der Waals surface area contributed by atoms with Crippen molar-refractivity contribution in [3.63, 3.8) is 0 Å². The molecular weight excluding hydrogens is 340 g/mol. The van der Waals surface area contributed by atoms with Crippen LogP contribution >= 0.6 is 0 Å². The lowest BCUT2D eigenvalue weighted by Gasteiger charge is -2.18. The van der Waals surface area contributed by atoms with Gasteiger partial charge in [-0.15, -0.1) is 0 Å². The fourth-order valence-corrected chi connectivity index (χ4v) is 2.91. The summed E-state index contributed by atoms with van der Waals surface area (Å²) in [5.74, 6) is -2.54. The molecule has 0 spiro atoms. The van der Waals surface area contributed by atoms with E-state index in [2.05, 4.69) is 0 Å². The van der Waals surface area contributed by atoms with E-state index in [-0.39, 0.29) is 11.5 Å². The summed E-state index contributed by atoms with van der Waals surface area (Å²) in [6, 6.07) is 9.17. The van der Waals surface area contributed by atoms with Crippen LogP contribution in [0.2, 0.25) is 0 Å². The number of hydrogen-bond donors (Lipinski definition) is 3. The van der Waals surface area contributed by atoms with Crippen LogP contribution in [0.5, 0.6) is 17.2 Å². The molecule has 0 bridgehead atoms. The molecule has 0 saturated heterocycles. The maximum absolute atomic E-state index is 12.4. The topological polar surface area (TPSA) is 113 Å². The van der Waals surface area contributed by atoms with Gasteiger partial charge in [0.1, 0.15) is 17.8 Å². The molecule has 0 saturated carbocycles. The van der Waals surface area contributed by atoms with Gasteiger partial charge in [0.25, 0.3) is 0 Å². The van der Waals surface area contributed by atoms with Crippen molar-refractivity contribution in [3.05, 3.63) is 59.2 Å². The predicted molar refractivity (Wildman–Crippen MR) is 91.0 cm³/mol. The minimum absolute atomic E-state index is 0.278. The first kappa shape index (κ1) is 17.3. The standard InChI is InChI=1S/C19H16O7/c1-25-19(24)17-12-8-10(3-7-16(22)23)2-6-15(12)26-18(17)11-4-5-13(20)14(21)9-11/h2-9,17-18,20-21H,1H3,(H,22,23)/b7-3+/t17-,18+/m1/s1. The van der Waals surface area contributed by atoms with Gasteiger partial charge in [-0.3, -0.25) is 4.79 Å². The number of carboxylic acid groups (broad SMARTS) is 1. The number of aromatic hydroxyl groups is 2. The van der Waals surface area contributed by atoms with Crippen molar-refractivity contribution in [1.29, 1.82) is 0 Å². The van der Waals surface area contributed by atoms with Crippen LogP contribution in [0.4, 0.5) is 0 Å². The van der Waals surface area contributed by atoms with Gasteiger partial charge in [-0.1, -0.05) is 12.1 Å². The first-order valence-corrected chi connectivity index (χ1v) is 7.72. The molecule has 2 aromatic carbocycles. The minimum atomic E-state index is -1.08. The smallest absolute Gasteiger partial charge is 0.328 e. The van der Waals surface area contributed by atoms with E-state index in [4.69, 9.17) is 14.6 Å². The lowest BCUT2D eigenvalue weighted by Crippen LogP contribution is -2.20. The lowest BCUT2D eigenvalue weighted by atomic mass is 9.90. The number of methoxy groups -OCH3 is 1. The van der Waals surface area contributed by atoms with E-state index >= 15 is 0 Å². The average molecular weight is 356 g/mol. The molecule has 134 valence electrons. The number of esters is 1. The normalized spacial score (nSPS) is 18.3. The van der Waals surface area contributed by atoms with Crippen molar-refractivity contribution in [2.24, 2.45) is 0 Å². The highest BCUT2D eigenvalue weighted by Crippen LogP contribution is 2.48. The van der Waals surface area contributed by atoms with Gasteiger partial charge in [0.05, 0.1) is 7.11 Å². The van der Waals surface area contributed by atoms with Gasteiger partial charge in [0.15, 0.2) is 11.5 Å². The Morgan fingerprint density at radius 3 is 2.54 bits per heavy atom. The highest BCUT2D eigenvalue weighted by atomic mass is 16.5. The zero-order valence-corrected chi connectivity index (χ0v) is 13.7. The van der Waals surface area contributed by atoms with Crippen molar-refractivity contribution >= 4 is 18.0 Å². The first-order valence-electron chi connectivity index (χ1n) is 7.72. The third-order valence-electron chi connectivity index (χ3n) is 4.13. The van der Waals surface area contributed by atoms with Gasteiger partial charge in [0, 0.05) is 11.6 Å². The van der Waals surface area contributed by atoms with E-state index in [0.717, 1.165) is 6.08 Å². The predicted octanol–water partition coefficient (Wildman–Crippen LogP) is 2.59. The lowest BCUT2D eigenvalue weighted by molar-refractivity contribution is -0.144. The van der Waals surface area contributed by atoms with Crippen molar-refractivity contribution < 1.29 is 34.4 Å². The summed E-state index contributed by atoms with van der Waals surface area (Å²) in [4.78, 5) is 23.1. The zero-order valence-electron chi connectivity index (χ0n) is 13.7. The zero-order chi connectivity index (χ0) is 18.8. The minimum Gasteiger partial charge on any atom is -0.504 e. The van der Waals surface area contributed by atoms with E-state index in [9.17, 15) is 19.8 Å². The molecule has 0 amide bonds. The molecular formula is C19H16O7. The third-order valence-corrected chi connectivity index (χ3v) is 4.13. The van der Waals surface area contributed by atoms with Crippen LogP contribution in [0.25, 0.3) is 6.08 Å². The van der Waals surface area contributed by atoms with Crippen LogP contribution in [0, 0.1) is 0 Å². The Hall–Kier alpha value is -3.48. The largest absolute Gasteiger partial charge is 0.504 e. The summed E-state index contributed by atoms with van der Waals surface area (Å²) < 4.78 is 10.8. The number of benzene rings is 2. The molecule has 3 N–H and O–H groups in total. The molecule has 2 atom stereocenters. The van der Waals surface area contributed by atoms with Crippen LogP contribution in [-0.4, -0.2) is 34.4 Å². The molecule has 0 aromatic heterocycles. The summed E-state index contributed by atoms with van der Waals surface area (Å²) in [5.41, 5.74) is 1.65. The van der Waals surface area contributed by atoms with Gasteiger partial charge >= 0.3 is 11.9 Å². The Kier molecular flexibility index (Phi) is 4.53. The summed E-state index contributed by atoms with van der Waals surface area (Å²) >= 11 is 0.